The normalized spacial score (nSPS) is 11.5. The van der Waals surface area contributed by atoms with E-state index in [1.54, 1.807) is 0 Å². The van der Waals surface area contributed by atoms with Crippen molar-refractivity contribution in [3.05, 3.63) is 42.5 Å². The zero-order valence-electron chi connectivity index (χ0n) is 9.47. The molecule has 1 aromatic heterocycles. The molecule has 3 heteroatoms. The van der Waals surface area contributed by atoms with Crippen LogP contribution in [0.1, 0.15) is 11.1 Å². The Labute approximate surface area is 132 Å². The Morgan fingerprint density at radius 1 is 0.765 bits per heavy atom. The molecule has 0 aliphatic heterocycles. The summed E-state index contributed by atoms with van der Waals surface area (Å²) in [6, 6.07) is 8.96. The first-order valence-corrected chi connectivity index (χ1v) is 8.33. The van der Waals surface area contributed by atoms with E-state index in [4.69, 9.17) is 0 Å². The van der Waals surface area contributed by atoms with E-state index in [0.29, 0.717) is 0 Å². The molecular weight excluding hydrogens is 454 g/mol. The Hall–Kier alpha value is 0.120. The summed E-state index contributed by atoms with van der Waals surface area (Å²) >= 11 is 6.77. The van der Waals surface area contributed by atoms with Gasteiger partial charge in [-0.3, -0.25) is 0 Å². The fourth-order valence-corrected chi connectivity index (χ4v) is 4.70. The molecule has 17 heavy (non-hydrogen) atoms. The van der Waals surface area contributed by atoms with Gasteiger partial charge in [-0.15, -0.1) is 11.3 Å². The van der Waals surface area contributed by atoms with Crippen LogP contribution in [0, 0.1) is 21.0 Å². The second-order valence-electron chi connectivity index (χ2n) is 4.20. The molecule has 3 rings (SSSR count). The average Bonchev–Trinajstić information content (AvgIpc) is 2.69. The summed E-state index contributed by atoms with van der Waals surface area (Å²) in [6.45, 7) is 4.44. The molecule has 86 valence electrons. The third-order valence-electron chi connectivity index (χ3n) is 3.17. The lowest BCUT2D eigenvalue weighted by Gasteiger charge is -1.99. The molecule has 0 unspecified atom stereocenters. The lowest BCUT2D eigenvalue weighted by Crippen LogP contribution is -1.79. The van der Waals surface area contributed by atoms with Gasteiger partial charge in [0.05, 0.1) is 0 Å². The van der Waals surface area contributed by atoms with E-state index >= 15 is 0 Å². The van der Waals surface area contributed by atoms with Crippen LogP contribution in [0.4, 0.5) is 0 Å². The largest absolute Gasteiger partial charge is 0.135 e. The summed E-state index contributed by atoms with van der Waals surface area (Å²) in [4.78, 5) is 0. The van der Waals surface area contributed by atoms with Crippen molar-refractivity contribution in [3.63, 3.8) is 0 Å². The Morgan fingerprint density at radius 2 is 1.18 bits per heavy atom. The first kappa shape index (κ1) is 12.2. The van der Waals surface area contributed by atoms with Gasteiger partial charge in [0.1, 0.15) is 0 Å². The molecule has 0 fully saturated rings. The second kappa shape index (κ2) is 4.35. The van der Waals surface area contributed by atoms with Crippen molar-refractivity contribution >= 4 is 76.7 Å². The van der Waals surface area contributed by atoms with Crippen LogP contribution in [0.15, 0.2) is 24.3 Å². The number of fused-ring (bicyclic) bond motifs is 3. The number of hydrogen-bond acceptors (Lipinski definition) is 1. The van der Waals surface area contributed by atoms with Crippen molar-refractivity contribution in [2.24, 2.45) is 0 Å². The summed E-state index contributed by atoms with van der Waals surface area (Å²) in [5.74, 6) is 0. The Kier molecular flexibility index (Phi) is 3.11. The number of rotatable bonds is 0. The highest BCUT2D eigenvalue weighted by molar-refractivity contribution is 14.1. The topological polar surface area (TPSA) is 0 Å². The Morgan fingerprint density at radius 3 is 1.59 bits per heavy atom. The van der Waals surface area contributed by atoms with Crippen molar-refractivity contribution in [3.8, 4) is 0 Å². The van der Waals surface area contributed by atoms with Crippen LogP contribution < -0.4 is 0 Å². The summed E-state index contributed by atoms with van der Waals surface area (Å²) in [6.07, 6.45) is 0. The smallest absolute Gasteiger partial charge is 0.0395 e. The van der Waals surface area contributed by atoms with Crippen molar-refractivity contribution < 1.29 is 0 Å². The Bertz CT molecular complexity index is 679. The molecule has 0 spiro atoms. The number of thiophene rings is 1. The van der Waals surface area contributed by atoms with Gasteiger partial charge in [0.15, 0.2) is 0 Å². The van der Waals surface area contributed by atoms with Gasteiger partial charge in [-0.05, 0) is 82.3 Å². The van der Waals surface area contributed by atoms with E-state index < -0.39 is 0 Å². The molecule has 3 aromatic rings. The molecular formula is C14H10I2S. The molecule has 0 bridgehead atoms. The van der Waals surface area contributed by atoms with Gasteiger partial charge in [0.25, 0.3) is 0 Å². The van der Waals surface area contributed by atoms with Crippen LogP contribution in [0.2, 0.25) is 0 Å². The van der Waals surface area contributed by atoms with E-state index in [1.165, 1.54) is 38.4 Å². The minimum absolute atomic E-state index is 1.36. The number of aryl methyl sites for hydroxylation is 2. The van der Waals surface area contributed by atoms with E-state index in [0.717, 1.165) is 0 Å². The maximum absolute atomic E-state index is 2.42. The van der Waals surface area contributed by atoms with Crippen molar-refractivity contribution in [2.45, 2.75) is 13.8 Å². The van der Waals surface area contributed by atoms with Crippen LogP contribution >= 0.6 is 56.5 Å². The van der Waals surface area contributed by atoms with Gasteiger partial charge < -0.3 is 0 Å². The van der Waals surface area contributed by atoms with E-state index in [2.05, 4.69) is 83.3 Å². The monoisotopic (exact) mass is 464 g/mol. The van der Waals surface area contributed by atoms with Crippen molar-refractivity contribution in [1.82, 2.24) is 0 Å². The van der Waals surface area contributed by atoms with Gasteiger partial charge in [-0.25, -0.2) is 0 Å². The summed E-state index contributed by atoms with van der Waals surface area (Å²) in [5.41, 5.74) is 2.83. The maximum Gasteiger partial charge on any atom is 0.0395 e. The quantitative estimate of drug-likeness (QED) is 0.365. The van der Waals surface area contributed by atoms with E-state index in [1.807, 2.05) is 11.3 Å². The molecule has 0 radical (unpaired) electrons. The third-order valence-corrected chi connectivity index (χ3v) is 6.97. The fraction of sp³-hybridized carbons (Fsp3) is 0.143. The lowest BCUT2D eigenvalue weighted by molar-refractivity contribution is 1.50. The minimum atomic E-state index is 1.36. The molecule has 1 heterocycles. The van der Waals surface area contributed by atoms with Crippen LogP contribution in [0.5, 0.6) is 0 Å². The number of benzene rings is 2. The SMILES string of the molecule is Cc1c(I)ccc2c1sc1c(C)c(I)ccc12. The molecule has 0 aliphatic carbocycles. The van der Waals surface area contributed by atoms with Crippen LogP contribution in [-0.2, 0) is 0 Å². The maximum atomic E-state index is 2.42. The zero-order chi connectivity index (χ0) is 12.2. The number of hydrogen-bond donors (Lipinski definition) is 0. The van der Waals surface area contributed by atoms with E-state index in [9.17, 15) is 0 Å². The summed E-state index contributed by atoms with van der Waals surface area (Å²) in [7, 11) is 0. The molecule has 0 nitrogen and oxygen atoms in total. The summed E-state index contributed by atoms with van der Waals surface area (Å²) in [5, 5.41) is 2.81. The van der Waals surface area contributed by atoms with E-state index in [-0.39, 0.29) is 0 Å². The lowest BCUT2D eigenvalue weighted by atomic mass is 10.1. The molecule has 0 amide bonds. The van der Waals surface area contributed by atoms with Gasteiger partial charge in [0, 0.05) is 27.3 Å². The first-order valence-electron chi connectivity index (χ1n) is 5.36. The Balaban J connectivity index is 2.58. The molecule has 0 N–H and O–H groups in total. The zero-order valence-corrected chi connectivity index (χ0v) is 14.6. The summed E-state index contributed by atoms with van der Waals surface area (Å²) < 4.78 is 5.59. The molecule has 2 aromatic carbocycles. The van der Waals surface area contributed by atoms with Gasteiger partial charge in [-0.2, -0.15) is 0 Å². The van der Waals surface area contributed by atoms with Crippen LogP contribution in [-0.4, -0.2) is 0 Å². The predicted molar refractivity (Wildman–Crippen MR) is 94.2 cm³/mol. The second-order valence-corrected chi connectivity index (χ2v) is 7.55. The highest BCUT2D eigenvalue weighted by atomic mass is 127. The fourth-order valence-electron chi connectivity index (χ4n) is 2.12. The highest BCUT2D eigenvalue weighted by Crippen LogP contribution is 2.39. The predicted octanol–water partition coefficient (Wildman–Crippen LogP) is 5.88. The van der Waals surface area contributed by atoms with Crippen LogP contribution in [0.3, 0.4) is 0 Å². The highest BCUT2D eigenvalue weighted by Gasteiger charge is 2.11. The molecule has 0 aliphatic rings. The third kappa shape index (κ3) is 1.81. The van der Waals surface area contributed by atoms with Gasteiger partial charge in [-0.1, -0.05) is 12.1 Å². The molecule has 0 saturated carbocycles. The average molecular weight is 464 g/mol. The first-order chi connectivity index (χ1) is 8.09. The molecule has 0 saturated heterocycles. The molecule has 0 atom stereocenters. The number of halogens is 2. The van der Waals surface area contributed by atoms with Crippen molar-refractivity contribution in [2.75, 3.05) is 0 Å². The van der Waals surface area contributed by atoms with Crippen molar-refractivity contribution in [1.29, 1.82) is 0 Å². The minimum Gasteiger partial charge on any atom is -0.135 e. The standard InChI is InChI=1S/C14H10I2S/c1-7-11(15)5-3-9-10-4-6-12(16)8(2)14(10)17-13(7)9/h3-6H,1-2H3. The van der Waals surface area contributed by atoms with Gasteiger partial charge >= 0.3 is 0 Å². The van der Waals surface area contributed by atoms with Crippen LogP contribution in [0.25, 0.3) is 20.2 Å². The van der Waals surface area contributed by atoms with Gasteiger partial charge in [0.2, 0.25) is 0 Å².